The van der Waals surface area contributed by atoms with Gasteiger partial charge in [-0.05, 0) is 51.1 Å². The van der Waals surface area contributed by atoms with Gasteiger partial charge in [-0.25, -0.2) is 15.0 Å². The lowest BCUT2D eigenvalue weighted by Crippen LogP contribution is -2.47. The molecule has 0 spiro atoms. The highest BCUT2D eigenvalue weighted by molar-refractivity contribution is 5.29. The maximum Gasteiger partial charge on any atom is 0.232 e. The van der Waals surface area contributed by atoms with Crippen molar-refractivity contribution < 1.29 is 4.74 Å². The molecule has 7 heteroatoms. The van der Waals surface area contributed by atoms with E-state index in [1.807, 2.05) is 18.5 Å². The highest BCUT2D eigenvalue weighted by Crippen LogP contribution is 2.19. The fourth-order valence-electron chi connectivity index (χ4n) is 3.74. The van der Waals surface area contributed by atoms with Crippen molar-refractivity contribution in [3.8, 4) is 5.88 Å². The van der Waals surface area contributed by atoms with E-state index in [0.717, 1.165) is 75.7 Å². The first-order valence-electron chi connectivity index (χ1n) is 10.1. The number of hydrogen-bond donors (Lipinski definition) is 0. The summed E-state index contributed by atoms with van der Waals surface area (Å²) in [5.74, 6) is 1.53. The molecule has 0 bridgehead atoms. The third kappa shape index (κ3) is 4.91. The Hall–Kier alpha value is -2.28. The molecule has 0 amide bonds. The number of aromatic nitrogens is 4. The molecule has 0 radical (unpaired) electrons. The van der Waals surface area contributed by atoms with Crippen LogP contribution in [0.4, 0.5) is 5.95 Å². The van der Waals surface area contributed by atoms with Gasteiger partial charge in [-0.2, -0.15) is 0 Å². The average molecular weight is 368 g/mol. The smallest absolute Gasteiger partial charge is 0.232 e. The van der Waals surface area contributed by atoms with Crippen LogP contribution in [0.2, 0.25) is 0 Å². The Balaban J connectivity index is 1.12. The van der Waals surface area contributed by atoms with Crippen LogP contribution < -0.4 is 9.64 Å². The SMILES string of the molecule is c1cnc(N2CCN(CCCCOc3cnc4c(n3)CCCC4)CC2)nc1. The van der Waals surface area contributed by atoms with E-state index >= 15 is 0 Å². The second kappa shape index (κ2) is 9.08. The van der Waals surface area contributed by atoms with E-state index in [1.165, 1.54) is 12.8 Å². The zero-order chi connectivity index (χ0) is 18.3. The minimum atomic E-state index is 0.687. The topological polar surface area (TPSA) is 67.3 Å². The summed E-state index contributed by atoms with van der Waals surface area (Å²) >= 11 is 0. The maximum absolute atomic E-state index is 5.82. The first-order valence-corrected chi connectivity index (χ1v) is 10.1. The van der Waals surface area contributed by atoms with Crippen LogP contribution in [-0.2, 0) is 12.8 Å². The molecule has 2 aliphatic rings. The molecule has 2 aromatic rings. The predicted octanol–water partition coefficient (Wildman–Crippen LogP) is 2.13. The lowest BCUT2D eigenvalue weighted by molar-refractivity contribution is 0.235. The number of fused-ring (bicyclic) bond motifs is 1. The minimum Gasteiger partial charge on any atom is -0.477 e. The van der Waals surface area contributed by atoms with Crippen LogP contribution in [0.3, 0.4) is 0 Å². The van der Waals surface area contributed by atoms with E-state index < -0.39 is 0 Å². The maximum atomic E-state index is 5.82. The molecule has 0 N–H and O–H groups in total. The van der Waals surface area contributed by atoms with Crippen LogP contribution in [0.15, 0.2) is 24.7 Å². The Morgan fingerprint density at radius 3 is 2.48 bits per heavy atom. The van der Waals surface area contributed by atoms with Crippen LogP contribution in [0, 0.1) is 0 Å². The number of piperazine rings is 1. The third-order valence-electron chi connectivity index (χ3n) is 5.31. The zero-order valence-electron chi connectivity index (χ0n) is 15.9. The fourth-order valence-corrected chi connectivity index (χ4v) is 3.74. The van der Waals surface area contributed by atoms with Crippen molar-refractivity contribution >= 4 is 5.95 Å². The summed E-state index contributed by atoms with van der Waals surface area (Å²) in [4.78, 5) is 22.6. The molecule has 0 atom stereocenters. The van der Waals surface area contributed by atoms with Gasteiger partial charge in [-0.3, -0.25) is 9.88 Å². The average Bonchev–Trinajstić information content (AvgIpc) is 2.74. The van der Waals surface area contributed by atoms with Crippen molar-refractivity contribution in [1.82, 2.24) is 24.8 Å². The number of unbranched alkanes of at least 4 members (excludes halogenated alkanes) is 1. The van der Waals surface area contributed by atoms with Crippen LogP contribution in [0.5, 0.6) is 5.88 Å². The molecule has 0 saturated carbocycles. The molecule has 1 fully saturated rings. The van der Waals surface area contributed by atoms with Gasteiger partial charge in [-0.15, -0.1) is 0 Å². The summed E-state index contributed by atoms with van der Waals surface area (Å²) < 4.78 is 5.82. The monoisotopic (exact) mass is 368 g/mol. The van der Waals surface area contributed by atoms with Gasteiger partial charge in [0, 0.05) is 38.6 Å². The van der Waals surface area contributed by atoms with E-state index in [4.69, 9.17) is 4.74 Å². The molecule has 4 rings (SSSR count). The quantitative estimate of drug-likeness (QED) is 0.694. The number of anilines is 1. The summed E-state index contributed by atoms with van der Waals surface area (Å²) in [5, 5.41) is 0. The molecule has 7 nitrogen and oxygen atoms in total. The summed E-state index contributed by atoms with van der Waals surface area (Å²) in [5.41, 5.74) is 2.30. The largest absolute Gasteiger partial charge is 0.477 e. The fraction of sp³-hybridized carbons (Fsp3) is 0.600. The first-order chi connectivity index (χ1) is 13.4. The third-order valence-corrected chi connectivity index (χ3v) is 5.31. The van der Waals surface area contributed by atoms with Crippen molar-refractivity contribution in [3.05, 3.63) is 36.0 Å². The van der Waals surface area contributed by atoms with Crippen LogP contribution in [-0.4, -0.2) is 64.2 Å². The zero-order valence-corrected chi connectivity index (χ0v) is 15.9. The molecule has 1 aliphatic carbocycles. The Morgan fingerprint density at radius 2 is 1.67 bits per heavy atom. The number of hydrogen-bond acceptors (Lipinski definition) is 7. The summed E-state index contributed by atoms with van der Waals surface area (Å²) in [6.45, 7) is 5.94. The number of ether oxygens (including phenoxy) is 1. The van der Waals surface area contributed by atoms with Crippen molar-refractivity contribution in [2.75, 3.05) is 44.2 Å². The van der Waals surface area contributed by atoms with E-state index in [-0.39, 0.29) is 0 Å². The molecule has 27 heavy (non-hydrogen) atoms. The van der Waals surface area contributed by atoms with Crippen molar-refractivity contribution in [2.45, 2.75) is 38.5 Å². The van der Waals surface area contributed by atoms with Gasteiger partial charge in [0.05, 0.1) is 24.2 Å². The van der Waals surface area contributed by atoms with Crippen LogP contribution >= 0.6 is 0 Å². The second-order valence-corrected chi connectivity index (χ2v) is 7.24. The first kappa shape index (κ1) is 18.1. The molecule has 3 heterocycles. The second-order valence-electron chi connectivity index (χ2n) is 7.24. The standard InChI is InChI=1S/C20H28N6O/c1-2-7-18-17(6-1)23-16-19(24-18)27-15-4-3-10-25-11-13-26(14-12-25)20-21-8-5-9-22-20/h5,8-9,16H,1-4,6-7,10-15H2. The Labute approximate surface area is 160 Å². The summed E-state index contributed by atoms with van der Waals surface area (Å²) in [7, 11) is 0. The summed E-state index contributed by atoms with van der Waals surface area (Å²) in [6, 6.07) is 1.86. The minimum absolute atomic E-state index is 0.687. The van der Waals surface area contributed by atoms with Crippen LogP contribution in [0.1, 0.15) is 37.1 Å². The van der Waals surface area contributed by atoms with Crippen molar-refractivity contribution in [3.63, 3.8) is 0 Å². The lowest BCUT2D eigenvalue weighted by Gasteiger charge is -2.34. The van der Waals surface area contributed by atoms with E-state index in [0.29, 0.717) is 12.5 Å². The number of nitrogens with zero attached hydrogens (tertiary/aromatic N) is 6. The molecule has 144 valence electrons. The van der Waals surface area contributed by atoms with Gasteiger partial charge in [0.2, 0.25) is 11.8 Å². The molecule has 1 saturated heterocycles. The van der Waals surface area contributed by atoms with E-state index in [2.05, 4.69) is 29.7 Å². The van der Waals surface area contributed by atoms with Crippen molar-refractivity contribution in [1.29, 1.82) is 0 Å². The molecule has 0 unspecified atom stereocenters. The van der Waals surface area contributed by atoms with E-state index in [9.17, 15) is 0 Å². The Bertz CT molecular complexity index is 718. The predicted molar refractivity (Wildman–Crippen MR) is 104 cm³/mol. The Kier molecular flexibility index (Phi) is 6.09. The summed E-state index contributed by atoms with van der Waals surface area (Å²) in [6.07, 6.45) is 12.1. The lowest BCUT2D eigenvalue weighted by atomic mass is 10.0. The number of aryl methyl sites for hydroxylation is 2. The Morgan fingerprint density at radius 1 is 0.889 bits per heavy atom. The molecular formula is C20H28N6O. The molecule has 2 aromatic heterocycles. The van der Waals surface area contributed by atoms with Gasteiger partial charge >= 0.3 is 0 Å². The van der Waals surface area contributed by atoms with Gasteiger partial charge in [0.25, 0.3) is 0 Å². The highest BCUT2D eigenvalue weighted by atomic mass is 16.5. The van der Waals surface area contributed by atoms with Gasteiger partial charge in [0.15, 0.2) is 0 Å². The van der Waals surface area contributed by atoms with Gasteiger partial charge < -0.3 is 9.64 Å². The molecule has 0 aromatic carbocycles. The molecular weight excluding hydrogens is 340 g/mol. The normalized spacial score (nSPS) is 17.6. The van der Waals surface area contributed by atoms with Crippen molar-refractivity contribution in [2.24, 2.45) is 0 Å². The van der Waals surface area contributed by atoms with Crippen LogP contribution in [0.25, 0.3) is 0 Å². The van der Waals surface area contributed by atoms with Gasteiger partial charge in [-0.1, -0.05) is 0 Å². The van der Waals surface area contributed by atoms with E-state index in [1.54, 1.807) is 6.20 Å². The van der Waals surface area contributed by atoms with Gasteiger partial charge in [0.1, 0.15) is 0 Å². The highest BCUT2D eigenvalue weighted by Gasteiger charge is 2.18. The number of rotatable bonds is 7. The molecule has 1 aliphatic heterocycles.